The Balaban J connectivity index is 2.00. The Labute approximate surface area is 102 Å². The monoisotopic (exact) mass is 232 g/mol. The third-order valence-electron chi connectivity index (χ3n) is 4.15. The number of fused-ring (bicyclic) bond motifs is 2. The van der Waals surface area contributed by atoms with E-state index in [2.05, 4.69) is 28.7 Å². The largest absolute Gasteiger partial charge is 0.383 e. The zero-order valence-corrected chi connectivity index (χ0v) is 10.6. The van der Waals surface area contributed by atoms with Crippen LogP contribution in [0.3, 0.4) is 0 Å². The minimum atomic E-state index is 0.380. The first-order valence-corrected chi connectivity index (χ1v) is 6.53. The van der Waals surface area contributed by atoms with Crippen LogP contribution < -0.4 is 10.6 Å². The highest BCUT2D eigenvalue weighted by Gasteiger charge is 2.39. The molecule has 0 aromatic carbocycles. The third-order valence-corrected chi connectivity index (χ3v) is 4.15. The Morgan fingerprint density at radius 1 is 1.35 bits per heavy atom. The Kier molecular flexibility index (Phi) is 2.45. The summed E-state index contributed by atoms with van der Waals surface area (Å²) in [5.74, 6) is 2.98. The lowest BCUT2D eigenvalue weighted by Crippen LogP contribution is -2.33. The zero-order valence-electron chi connectivity index (χ0n) is 10.6. The van der Waals surface area contributed by atoms with Crippen molar-refractivity contribution in [3.05, 3.63) is 11.9 Å². The van der Waals surface area contributed by atoms with E-state index in [1.807, 2.05) is 0 Å². The van der Waals surface area contributed by atoms with Crippen LogP contribution in [0.15, 0.2) is 6.33 Å². The van der Waals surface area contributed by atoms with Gasteiger partial charge >= 0.3 is 0 Å². The molecular formula is C13H20N4. The molecule has 0 radical (unpaired) electrons. The summed E-state index contributed by atoms with van der Waals surface area (Å²) in [6.07, 6.45) is 5.63. The molecular weight excluding hydrogens is 212 g/mol. The van der Waals surface area contributed by atoms with Crippen molar-refractivity contribution in [1.82, 2.24) is 9.97 Å². The number of hydrogen-bond acceptors (Lipinski definition) is 4. The van der Waals surface area contributed by atoms with Crippen molar-refractivity contribution in [3.8, 4) is 0 Å². The molecule has 1 saturated heterocycles. The second-order valence-corrected chi connectivity index (χ2v) is 5.64. The van der Waals surface area contributed by atoms with Crippen LogP contribution in [0.5, 0.6) is 0 Å². The van der Waals surface area contributed by atoms with Gasteiger partial charge in [0.25, 0.3) is 0 Å². The SMILES string of the molecule is CC(C)c1c(N)ncnc1N1CC2CCC1C2. The highest BCUT2D eigenvalue weighted by molar-refractivity contribution is 5.59. The van der Waals surface area contributed by atoms with E-state index in [0.29, 0.717) is 17.8 Å². The van der Waals surface area contributed by atoms with Gasteiger partial charge in [-0.15, -0.1) is 0 Å². The van der Waals surface area contributed by atoms with Gasteiger partial charge in [0, 0.05) is 18.2 Å². The second kappa shape index (κ2) is 3.86. The molecule has 0 spiro atoms. The molecule has 1 aromatic heterocycles. The molecule has 0 amide bonds. The van der Waals surface area contributed by atoms with E-state index in [4.69, 9.17) is 5.73 Å². The third kappa shape index (κ3) is 1.66. The fourth-order valence-electron chi connectivity index (χ4n) is 3.37. The van der Waals surface area contributed by atoms with Crippen LogP contribution in [-0.4, -0.2) is 22.6 Å². The van der Waals surface area contributed by atoms with Crippen LogP contribution in [-0.2, 0) is 0 Å². The summed E-state index contributed by atoms with van der Waals surface area (Å²) < 4.78 is 0. The van der Waals surface area contributed by atoms with Crippen LogP contribution in [0.1, 0.15) is 44.6 Å². The average Bonchev–Trinajstić information content (AvgIpc) is 2.89. The molecule has 2 heterocycles. The number of rotatable bonds is 2. The van der Waals surface area contributed by atoms with Gasteiger partial charge in [0.1, 0.15) is 18.0 Å². The molecule has 1 aliphatic heterocycles. The molecule has 4 heteroatoms. The normalized spacial score (nSPS) is 27.1. The van der Waals surface area contributed by atoms with Gasteiger partial charge in [-0.3, -0.25) is 0 Å². The Morgan fingerprint density at radius 2 is 2.18 bits per heavy atom. The number of hydrogen-bond donors (Lipinski definition) is 1. The molecule has 2 aliphatic rings. The van der Waals surface area contributed by atoms with E-state index in [-0.39, 0.29) is 0 Å². The number of aromatic nitrogens is 2. The minimum Gasteiger partial charge on any atom is -0.383 e. The van der Waals surface area contributed by atoms with Crippen LogP contribution in [0, 0.1) is 5.92 Å². The molecule has 3 rings (SSSR count). The molecule has 17 heavy (non-hydrogen) atoms. The predicted molar refractivity (Wildman–Crippen MR) is 69.0 cm³/mol. The predicted octanol–water partition coefficient (Wildman–Crippen LogP) is 2.17. The van der Waals surface area contributed by atoms with Gasteiger partial charge in [-0.25, -0.2) is 9.97 Å². The Hall–Kier alpha value is -1.32. The van der Waals surface area contributed by atoms with Crippen LogP contribution in [0.25, 0.3) is 0 Å². The maximum atomic E-state index is 6.01. The first-order valence-electron chi connectivity index (χ1n) is 6.53. The highest BCUT2D eigenvalue weighted by Crippen LogP contribution is 2.42. The summed E-state index contributed by atoms with van der Waals surface area (Å²) in [6, 6.07) is 0.687. The molecule has 1 aliphatic carbocycles. The quantitative estimate of drug-likeness (QED) is 0.849. The highest BCUT2D eigenvalue weighted by atomic mass is 15.3. The number of nitrogens with zero attached hydrogens (tertiary/aromatic N) is 3. The molecule has 2 bridgehead atoms. The van der Waals surface area contributed by atoms with Crippen molar-refractivity contribution in [2.45, 2.75) is 45.1 Å². The van der Waals surface area contributed by atoms with Gasteiger partial charge in [-0.05, 0) is 31.1 Å². The zero-order chi connectivity index (χ0) is 12.0. The van der Waals surface area contributed by atoms with Gasteiger partial charge in [0.05, 0.1) is 0 Å². The van der Waals surface area contributed by atoms with Gasteiger partial charge < -0.3 is 10.6 Å². The molecule has 2 atom stereocenters. The van der Waals surface area contributed by atoms with Crippen molar-refractivity contribution in [2.75, 3.05) is 17.2 Å². The van der Waals surface area contributed by atoms with Gasteiger partial charge in [-0.2, -0.15) is 0 Å². The fourth-order valence-corrected chi connectivity index (χ4v) is 3.37. The summed E-state index contributed by atoms with van der Waals surface area (Å²) >= 11 is 0. The van der Waals surface area contributed by atoms with Crippen molar-refractivity contribution < 1.29 is 0 Å². The second-order valence-electron chi connectivity index (χ2n) is 5.64. The van der Waals surface area contributed by atoms with Crippen molar-refractivity contribution >= 4 is 11.6 Å². The van der Waals surface area contributed by atoms with E-state index in [1.165, 1.54) is 19.3 Å². The average molecular weight is 232 g/mol. The number of nitrogens with two attached hydrogens (primary N) is 1. The van der Waals surface area contributed by atoms with E-state index >= 15 is 0 Å². The number of nitrogen functional groups attached to an aromatic ring is 1. The van der Waals surface area contributed by atoms with Crippen LogP contribution >= 0.6 is 0 Å². The number of anilines is 2. The summed E-state index contributed by atoms with van der Waals surface area (Å²) in [5.41, 5.74) is 7.14. The van der Waals surface area contributed by atoms with Crippen LogP contribution in [0.2, 0.25) is 0 Å². The van der Waals surface area contributed by atoms with E-state index in [9.17, 15) is 0 Å². The van der Waals surface area contributed by atoms with Gasteiger partial charge in [0.15, 0.2) is 0 Å². The lowest BCUT2D eigenvalue weighted by atomic mass is 10.0. The van der Waals surface area contributed by atoms with Crippen molar-refractivity contribution in [1.29, 1.82) is 0 Å². The molecule has 92 valence electrons. The van der Waals surface area contributed by atoms with Gasteiger partial charge in [-0.1, -0.05) is 13.8 Å². The summed E-state index contributed by atoms with van der Waals surface area (Å²) in [4.78, 5) is 11.1. The summed E-state index contributed by atoms with van der Waals surface area (Å²) in [7, 11) is 0. The van der Waals surface area contributed by atoms with E-state index < -0.39 is 0 Å². The van der Waals surface area contributed by atoms with Crippen LogP contribution in [0.4, 0.5) is 11.6 Å². The van der Waals surface area contributed by atoms with Crippen molar-refractivity contribution in [3.63, 3.8) is 0 Å². The standard InChI is InChI=1S/C13H20N4/c1-8(2)11-12(14)15-7-16-13(11)17-6-9-3-4-10(17)5-9/h7-10H,3-6H2,1-2H3,(H2,14,15,16). The molecule has 2 unspecified atom stereocenters. The minimum absolute atomic E-state index is 0.380. The lowest BCUT2D eigenvalue weighted by molar-refractivity contribution is 0.548. The van der Waals surface area contributed by atoms with E-state index in [0.717, 1.165) is 23.8 Å². The summed E-state index contributed by atoms with van der Waals surface area (Å²) in [6.45, 7) is 5.47. The molecule has 1 aromatic rings. The molecule has 2 N–H and O–H groups in total. The first-order chi connectivity index (χ1) is 8.16. The Bertz CT molecular complexity index is 429. The molecule has 4 nitrogen and oxygen atoms in total. The number of piperidine rings is 1. The topological polar surface area (TPSA) is 55.0 Å². The summed E-state index contributed by atoms with van der Waals surface area (Å²) in [5, 5.41) is 0. The van der Waals surface area contributed by atoms with Crippen molar-refractivity contribution in [2.24, 2.45) is 5.92 Å². The maximum Gasteiger partial charge on any atom is 0.137 e. The molecule has 2 fully saturated rings. The lowest BCUT2D eigenvalue weighted by Gasteiger charge is -2.30. The fraction of sp³-hybridized carbons (Fsp3) is 0.692. The smallest absolute Gasteiger partial charge is 0.137 e. The molecule has 1 saturated carbocycles. The van der Waals surface area contributed by atoms with Gasteiger partial charge in [0.2, 0.25) is 0 Å². The maximum absolute atomic E-state index is 6.01. The Morgan fingerprint density at radius 3 is 2.76 bits per heavy atom. The first kappa shape index (κ1) is 10.8. The van der Waals surface area contributed by atoms with E-state index in [1.54, 1.807) is 6.33 Å².